The fraction of sp³-hybridized carbons (Fsp3) is 0.429. The van der Waals surface area contributed by atoms with Crippen LogP contribution in [0.5, 0.6) is 0 Å². The molecule has 1 amide bonds. The molecule has 1 saturated carbocycles. The number of hydrogen-bond donors (Lipinski definition) is 1. The molecule has 2 heterocycles. The first-order valence-corrected chi connectivity index (χ1v) is 9.37. The lowest BCUT2D eigenvalue weighted by Crippen LogP contribution is -2.52. The van der Waals surface area contributed by atoms with Gasteiger partial charge in [0, 0.05) is 48.8 Å². The van der Waals surface area contributed by atoms with Crippen LogP contribution in [0, 0.1) is 11.6 Å². The molecule has 0 spiro atoms. The minimum Gasteiger partial charge on any atom is -0.337 e. The van der Waals surface area contributed by atoms with Gasteiger partial charge in [0.25, 0.3) is 0 Å². The summed E-state index contributed by atoms with van der Waals surface area (Å²) in [5.41, 5.74) is 8.12. The quantitative estimate of drug-likeness (QED) is 0.898. The van der Waals surface area contributed by atoms with E-state index in [1.165, 1.54) is 11.6 Å². The standard InChI is InChI=1S/C21H23F2N3O/c1-2-21(14-5-7-25-8-6-14)11-19(21)26-12-18(24)15(10-20(26)27)13-3-4-16(22)17(23)9-13/h3-9,15,18-19H,2,10-12,24H2,1H3. The lowest BCUT2D eigenvalue weighted by Gasteiger charge is -2.38. The Kier molecular flexibility index (Phi) is 4.46. The van der Waals surface area contributed by atoms with Crippen LogP contribution in [0.1, 0.15) is 43.2 Å². The second kappa shape index (κ2) is 6.68. The van der Waals surface area contributed by atoms with E-state index in [0.717, 1.165) is 25.0 Å². The monoisotopic (exact) mass is 371 g/mol. The maximum absolute atomic E-state index is 13.6. The Morgan fingerprint density at radius 3 is 2.63 bits per heavy atom. The third-order valence-corrected chi connectivity index (χ3v) is 6.31. The summed E-state index contributed by atoms with van der Waals surface area (Å²) in [7, 11) is 0. The fourth-order valence-electron chi connectivity index (χ4n) is 4.59. The molecule has 4 unspecified atom stereocenters. The van der Waals surface area contributed by atoms with E-state index in [0.29, 0.717) is 12.1 Å². The van der Waals surface area contributed by atoms with Crippen molar-refractivity contribution in [1.82, 2.24) is 9.88 Å². The number of aromatic nitrogens is 1. The number of halogens is 2. The fourth-order valence-corrected chi connectivity index (χ4v) is 4.59. The number of likely N-dealkylation sites (tertiary alicyclic amines) is 1. The van der Waals surface area contributed by atoms with Gasteiger partial charge >= 0.3 is 0 Å². The molecule has 1 saturated heterocycles. The zero-order valence-electron chi connectivity index (χ0n) is 15.2. The molecule has 1 aromatic heterocycles. The Morgan fingerprint density at radius 1 is 1.22 bits per heavy atom. The topological polar surface area (TPSA) is 59.2 Å². The Bertz CT molecular complexity index is 860. The number of carbonyl (C=O) groups is 1. The van der Waals surface area contributed by atoms with Crippen molar-refractivity contribution < 1.29 is 13.6 Å². The van der Waals surface area contributed by atoms with Gasteiger partial charge in [-0.3, -0.25) is 9.78 Å². The highest BCUT2D eigenvalue weighted by Crippen LogP contribution is 2.54. The van der Waals surface area contributed by atoms with E-state index >= 15 is 0 Å². The van der Waals surface area contributed by atoms with E-state index in [4.69, 9.17) is 5.73 Å². The van der Waals surface area contributed by atoms with E-state index < -0.39 is 11.6 Å². The van der Waals surface area contributed by atoms with E-state index in [1.807, 2.05) is 17.0 Å². The van der Waals surface area contributed by atoms with Gasteiger partial charge in [0.05, 0.1) is 0 Å². The molecule has 2 aliphatic rings. The van der Waals surface area contributed by atoms with E-state index in [2.05, 4.69) is 11.9 Å². The van der Waals surface area contributed by atoms with Gasteiger partial charge in [0.15, 0.2) is 11.6 Å². The average Bonchev–Trinajstić information content (AvgIpc) is 3.42. The van der Waals surface area contributed by atoms with Crippen LogP contribution in [-0.2, 0) is 10.2 Å². The van der Waals surface area contributed by atoms with Crippen LogP contribution >= 0.6 is 0 Å². The van der Waals surface area contributed by atoms with Crippen LogP contribution in [0.25, 0.3) is 0 Å². The largest absolute Gasteiger partial charge is 0.337 e. The van der Waals surface area contributed by atoms with Crippen molar-refractivity contribution in [3.05, 3.63) is 65.5 Å². The highest BCUT2D eigenvalue weighted by Gasteiger charge is 2.58. The zero-order valence-corrected chi connectivity index (χ0v) is 15.2. The van der Waals surface area contributed by atoms with Crippen LogP contribution in [0.2, 0.25) is 0 Å². The van der Waals surface area contributed by atoms with Crippen molar-refractivity contribution in [3.63, 3.8) is 0 Å². The van der Waals surface area contributed by atoms with Crippen molar-refractivity contribution in [2.24, 2.45) is 5.73 Å². The summed E-state index contributed by atoms with van der Waals surface area (Å²) in [6, 6.07) is 7.64. The highest BCUT2D eigenvalue weighted by molar-refractivity contribution is 5.79. The number of rotatable bonds is 4. The van der Waals surface area contributed by atoms with E-state index in [1.54, 1.807) is 12.4 Å². The first-order chi connectivity index (χ1) is 13.0. The number of hydrogen-bond acceptors (Lipinski definition) is 3. The number of nitrogens with two attached hydrogens (primary N) is 1. The molecule has 1 aromatic carbocycles. The van der Waals surface area contributed by atoms with Crippen molar-refractivity contribution >= 4 is 5.91 Å². The molecule has 2 N–H and O–H groups in total. The van der Waals surface area contributed by atoms with Gasteiger partial charge in [-0.25, -0.2) is 8.78 Å². The SMILES string of the molecule is CCC1(c2ccncc2)CC1N1CC(N)C(c2ccc(F)c(F)c2)CC1=O. The van der Waals surface area contributed by atoms with Crippen molar-refractivity contribution in [2.45, 2.75) is 49.6 Å². The third-order valence-electron chi connectivity index (χ3n) is 6.31. The Balaban J connectivity index is 1.53. The smallest absolute Gasteiger partial charge is 0.223 e. The van der Waals surface area contributed by atoms with E-state index in [9.17, 15) is 13.6 Å². The van der Waals surface area contributed by atoms with Gasteiger partial charge in [-0.15, -0.1) is 0 Å². The van der Waals surface area contributed by atoms with Crippen LogP contribution in [-0.4, -0.2) is 34.4 Å². The molecule has 4 rings (SSSR count). The van der Waals surface area contributed by atoms with Gasteiger partial charge in [0.1, 0.15) is 0 Å². The summed E-state index contributed by atoms with van der Waals surface area (Å²) in [4.78, 5) is 18.9. The second-order valence-corrected chi connectivity index (χ2v) is 7.66. The molecule has 0 bridgehead atoms. The Morgan fingerprint density at radius 2 is 1.96 bits per heavy atom. The molecule has 4 atom stereocenters. The van der Waals surface area contributed by atoms with Crippen LogP contribution in [0.15, 0.2) is 42.7 Å². The molecule has 1 aliphatic heterocycles. The normalized spacial score (nSPS) is 30.4. The molecular weight excluding hydrogens is 348 g/mol. The summed E-state index contributed by atoms with van der Waals surface area (Å²) in [5.74, 6) is -2.06. The van der Waals surface area contributed by atoms with Crippen molar-refractivity contribution in [3.8, 4) is 0 Å². The number of nitrogens with zero attached hydrogens (tertiary/aromatic N) is 2. The van der Waals surface area contributed by atoms with Crippen LogP contribution in [0.4, 0.5) is 8.78 Å². The molecule has 2 fully saturated rings. The van der Waals surface area contributed by atoms with Crippen LogP contribution < -0.4 is 5.73 Å². The van der Waals surface area contributed by atoms with Gasteiger partial charge in [-0.05, 0) is 48.2 Å². The summed E-state index contributed by atoms with van der Waals surface area (Å²) in [5, 5.41) is 0. The first-order valence-electron chi connectivity index (χ1n) is 9.37. The highest BCUT2D eigenvalue weighted by atomic mass is 19.2. The third kappa shape index (κ3) is 3.02. The van der Waals surface area contributed by atoms with Crippen molar-refractivity contribution in [2.75, 3.05) is 6.54 Å². The minimum absolute atomic E-state index is 0.0285. The van der Waals surface area contributed by atoms with Gasteiger partial charge in [0.2, 0.25) is 5.91 Å². The van der Waals surface area contributed by atoms with Gasteiger partial charge < -0.3 is 10.6 Å². The number of piperidine rings is 1. The zero-order chi connectivity index (χ0) is 19.2. The maximum atomic E-state index is 13.6. The molecule has 27 heavy (non-hydrogen) atoms. The minimum atomic E-state index is -0.903. The molecule has 0 radical (unpaired) electrons. The molecular formula is C21H23F2N3O. The van der Waals surface area contributed by atoms with Crippen molar-refractivity contribution in [1.29, 1.82) is 0 Å². The predicted molar refractivity (Wildman–Crippen MR) is 98.0 cm³/mol. The van der Waals surface area contributed by atoms with Gasteiger partial charge in [-0.1, -0.05) is 13.0 Å². The molecule has 2 aromatic rings. The Hall–Kier alpha value is -2.34. The summed E-state index contributed by atoms with van der Waals surface area (Å²) >= 11 is 0. The number of pyridine rings is 1. The second-order valence-electron chi connectivity index (χ2n) is 7.66. The molecule has 6 heteroatoms. The summed E-state index contributed by atoms with van der Waals surface area (Å²) in [6.45, 7) is 2.57. The Labute approximate surface area is 157 Å². The molecule has 1 aliphatic carbocycles. The number of carbonyl (C=O) groups excluding carboxylic acids is 1. The number of benzene rings is 1. The van der Waals surface area contributed by atoms with Crippen LogP contribution in [0.3, 0.4) is 0 Å². The summed E-state index contributed by atoms with van der Waals surface area (Å²) < 4.78 is 26.8. The average molecular weight is 371 g/mol. The predicted octanol–water partition coefficient (Wildman–Crippen LogP) is 3.12. The van der Waals surface area contributed by atoms with E-state index in [-0.39, 0.29) is 35.7 Å². The molecule has 4 nitrogen and oxygen atoms in total. The lowest BCUT2D eigenvalue weighted by atomic mass is 9.84. The number of amides is 1. The molecule has 142 valence electrons. The maximum Gasteiger partial charge on any atom is 0.223 e. The summed E-state index contributed by atoms with van der Waals surface area (Å²) in [6.07, 6.45) is 5.64. The first kappa shape index (κ1) is 18.0. The van der Waals surface area contributed by atoms with Gasteiger partial charge in [-0.2, -0.15) is 0 Å². The lowest BCUT2D eigenvalue weighted by molar-refractivity contribution is -0.135.